The lowest BCUT2D eigenvalue weighted by Crippen LogP contribution is -2.03. The Morgan fingerprint density at radius 2 is 1.69 bits per heavy atom. The van der Waals surface area contributed by atoms with Gasteiger partial charge < -0.3 is 5.11 Å². The standard InChI is InChI=1S/C12H26O/c1-4-11(3)7-6-8-12(5-2)9-10-13/h11-13H,4-10H2,1-3H3. The Labute approximate surface area is 83.5 Å². The van der Waals surface area contributed by atoms with E-state index in [-0.39, 0.29) is 0 Å². The van der Waals surface area contributed by atoms with E-state index >= 15 is 0 Å². The third kappa shape index (κ3) is 7.06. The molecule has 0 rings (SSSR count). The zero-order chi connectivity index (χ0) is 10.1. The lowest BCUT2D eigenvalue weighted by molar-refractivity contribution is 0.245. The molecule has 0 heterocycles. The van der Waals surface area contributed by atoms with Crippen LogP contribution < -0.4 is 0 Å². The number of aliphatic hydroxyl groups is 1. The second-order valence-corrected chi connectivity index (χ2v) is 4.23. The SMILES string of the molecule is CCC(C)CCCC(CC)CCO. The van der Waals surface area contributed by atoms with Crippen LogP contribution in [0.1, 0.15) is 59.3 Å². The van der Waals surface area contributed by atoms with Gasteiger partial charge in [-0.15, -0.1) is 0 Å². The van der Waals surface area contributed by atoms with E-state index in [1.165, 1.54) is 32.1 Å². The van der Waals surface area contributed by atoms with Crippen molar-refractivity contribution in [2.45, 2.75) is 59.3 Å². The van der Waals surface area contributed by atoms with Gasteiger partial charge in [0.05, 0.1) is 0 Å². The van der Waals surface area contributed by atoms with Gasteiger partial charge in [-0.3, -0.25) is 0 Å². The third-order valence-corrected chi connectivity index (χ3v) is 3.12. The summed E-state index contributed by atoms with van der Waals surface area (Å²) < 4.78 is 0. The van der Waals surface area contributed by atoms with E-state index in [1.807, 2.05) is 0 Å². The Hall–Kier alpha value is -0.0400. The van der Waals surface area contributed by atoms with E-state index in [0.29, 0.717) is 6.61 Å². The van der Waals surface area contributed by atoms with Crippen LogP contribution in [0.15, 0.2) is 0 Å². The van der Waals surface area contributed by atoms with E-state index in [0.717, 1.165) is 18.3 Å². The van der Waals surface area contributed by atoms with Gasteiger partial charge in [0, 0.05) is 6.61 Å². The van der Waals surface area contributed by atoms with Crippen molar-refractivity contribution in [1.29, 1.82) is 0 Å². The molecule has 13 heavy (non-hydrogen) atoms. The Bertz CT molecular complexity index is 101. The molecule has 0 spiro atoms. The van der Waals surface area contributed by atoms with Gasteiger partial charge in [-0.1, -0.05) is 52.9 Å². The predicted molar refractivity (Wildman–Crippen MR) is 58.8 cm³/mol. The number of rotatable bonds is 8. The summed E-state index contributed by atoms with van der Waals surface area (Å²) in [6, 6.07) is 0. The van der Waals surface area contributed by atoms with Crippen LogP contribution in [0, 0.1) is 11.8 Å². The molecule has 2 unspecified atom stereocenters. The van der Waals surface area contributed by atoms with Gasteiger partial charge in [-0.05, 0) is 18.3 Å². The summed E-state index contributed by atoms with van der Waals surface area (Å²) in [4.78, 5) is 0. The molecule has 1 nitrogen and oxygen atoms in total. The minimum atomic E-state index is 0.363. The first-order valence-electron chi connectivity index (χ1n) is 5.85. The van der Waals surface area contributed by atoms with Gasteiger partial charge in [0.2, 0.25) is 0 Å². The lowest BCUT2D eigenvalue weighted by atomic mass is 9.93. The van der Waals surface area contributed by atoms with E-state index in [1.54, 1.807) is 0 Å². The molecule has 0 aliphatic heterocycles. The smallest absolute Gasteiger partial charge is 0.0433 e. The normalized spacial score (nSPS) is 15.7. The molecular formula is C12H26O. The van der Waals surface area contributed by atoms with Crippen LogP contribution >= 0.6 is 0 Å². The maximum atomic E-state index is 8.82. The Kier molecular flexibility index (Phi) is 8.53. The Morgan fingerprint density at radius 3 is 2.15 bits per heavy atom. The predicted octanol–water partition coefficient (Wildman–Crippen LogP) is 3.61. The van der Waals surface area contributed by atoms with Crippen LogP contribution in [0.2, 0.25) is 0 Å². The highest BCUT2D eigenvalue weighted by molar-refractivity contribution is 4.59. The molecule has 80 valence electrons. The molecule has 1 N–H and O–H groups in total. The maximum Gasteiger partial charge on any atom is 0.0433 e. The van der Waals surface area contributed by atoms with Gasteiger partial charge in [0.25, 0.3) is 0 Å². The van der Waals surface area contributed by atoms with E-state index in [9.17, 15) is 0 Å². The summed E-state index contributed by atoms with van der Waals surface area (Å²) in [5.41, 5.74) is 0. The van der Waals surface area contributed by atoms with Gasteiger partial charge in [-0.2, -0.15) is 0 Å². The van der Waals surface area contributed by atoms with Crippen molar-refractivity contribution < 1.29 is 5.11 Å². The first-order valence-corrected chi connectivity index (χ1v) is 5.85. The molecule has 2 atom stereocenters. The molecule has 0 saturated heterocycles. The van der Waals surface area contributed by atoms with E-state index in [4.69, 9.17) is 5.11 Å². The Morgan fingerprint density at radius 1 is 1.00 bits per heavy atom. The van der Waals surface area contributed by atoms with Crippen LogP contribution in [0.5, 0.6) is 0 Å². The van der Waals surface area contributed by atoms with Crippen LogP contribution in [0.25, 0.3) is 0 Å². The number of hydrogen-bond donors (Lipinski definition) is 1. The summed E-state index contributed by atoms with van der Waals surface area (Å²) in [7, 11) is 0. The Balaban J connectivity index is 3.37. The highest BCUT2D eigenvalue weighted by atomic mass is 16.3. The zero-order valence-electron chi connectivity index (χ0n) is 9.55. The van der Waals surface area contributed by atoms with Crippen molar-refractivity contribution in [2.75, 3.05) is 6.61 Å². The van der Waals surface area contributed by atoms with Crippen molar-refractivity contribution in [3.05, 3.63) is 0 Å². The summed E-state index contributed by atoms with van der Waals surface area (Å²) in [5.74, 6) is 1.64. The first-order chi connectivity index (χ1) is 6.24. The zero-order valence-corrected chi connectivity index (χ0v) is 9.55. The van der Waals surface area contributed by atoms with Crippen LogP contribution in [-0.2, 0) is 0 Å². The van der Waals surface area contributed by atoms with Crippen LogP contribution in [-0.4, -0.2) is 11.7 Å². The molecule has 0 aromatic heterocycles. The largest absolute Gasteiger partial charge is 0.396 e. The first kappa shape index (κ1) is 13.0. The average Bonchev–Trinajstić information content (AvgIpc) is 2.16. The van der Waals surface area contributed by atoms with Crippen LogP contribution in [0.3, 0.4) is 0 Å². The lowest BCUT2D eigenvalue weighted by Gasteiger charge is -2.14. The molecule has 0 fully saturated rings. The minimum Gasteiger partial charge on any atom is -0.396 e. The summed E-state index contributed by atoms with van der Waals surface area (Å²) in [5, 5.41) is 8.82. The van der Waals surface area contributed by atoms with Gasteiger partial charge in [-0.25, -0.2) is 0 Å². The second kappa shape index (κ2) is 8.55. The molecule has 0 aliphatic rings. The van der Waals surface area contributed by atoms with Crippen molar-refractivity contribution in [2.24, 2.45) is 11.8 Å². The number of hydrogen-bond acceptors (Lipinski definition) is 1. The molecule has 0 aromatic rings. The maximum absolute atomic E-state index is 8.82. The van der Waals surface area contributed by atoms with Crippen molar-refractivity contribution in [3.63, 3.8) is 0 Å². The van der Waals surface area contributed by atoms with Gasteiger partial charge in [0.15, 0.2) is 0 Å². The van der Waals surface area contributed by atoms with Gasteiger partial charge in [0.1, 0.15) is 0 Å². The monoisotopic (exact) mass is 186 g/mol. The molecule has 1 heteroatoms. The minimum absolute atomic E-state index is 0.363. The molecule has 0 saturated carbocycles. The van der Waals surface area contributed by atoms with E-state index < -0.39 is 0 Å². The summed E-state index contributed by atoms with van der Waals surface area (Å²) >= 11 is 0. The second-order valence-electron chi connectivity index (χ2n) is 4.23. The fourth-order valence-corrected chi connectivity index (χ4v) is 1.69. The van der Waals surface area contributed by atoms with Crippen molar-refractivity contribution in [3.8, 4) is 0 Å². The summed E-state index contributed by atoms with van der Waals surface area (Å²) in [6.45, 7) is 7.17. The van der Waals surface area contributed by atoms with Crippen molar-refractivity contribution in [1.82, 2.24) is 0 Å². The van der Waals surface area contributed by atoms with Crippen molar-refractivity contribution >= 4 is 0 Å². The summed E-state index contributed by atoms with van der Waals surface area (Å²) in [6.07, 6.45) is 7.53. The molecule has 0 bridgehead atoms. The molecule has 0 aliphatic carbocycles. The molecular weight excluding hydrogens is 160 g/mol. The fraction of sp³-hybridized carbons (Fsp3) is 1.00. The number of aliphatic hydroxyl groups excluding tert-OH is 1. The topological polar surface area (TPSA) is 20.2 Å². The van der Waals surface area contributed by atoms with E-state index in [2.05, 4.69) is 20.8 Å². The molecule has 0 aromatic carbocycles. The third-order valence-electron chi connectivity index (χ3n) is 3.12. The highest BCUT2D eigenvalue weighted by Crippen LogP contribution is 2.19. The quantitative estimate of drug-likeness (QED) is 0.614. The molecule has 0 amide bonds. The van der Waals surface area contributed by atoms with Crippen LogP contribution in [0.4, 0.5) is 0 Å². The average molecular weight is 186 g/mol. The molecule has 0 radical (unpaired) electrons. The fourth-order valence-electron chi connectivity index (χ4n) is 1.69. The highest BCUT2D eigenvalue weighted by Gasteiger charge is 2.06. The van der Waals surface area contributed by atoms with Gasteiger partial charge >= 0.3 is 0 Å².